The third kappa shape index (κ3) is 2.41. The highest BCUT2D eigenvalue weighted by molar-refractivity contribution is 5.44. The summed E-state index contributed by atoms with van der Waals surface area (Å²) in [7, 11) is 0. The zero-order valence-electron chi connectivity index (χ0n) is 15.2. The molecular formula is C23H32. The number of hydrogen-bond acceptors (Lipinski definition) is 0. The Morgan fingerprint density at radius 1 is 1.17 bits per heavy atom. The van der Waals surface area contributed by atoms with Gasteiger partial charge in [-0.3, -0.25) is 0 Å². The van der Waals surface area contributed by atoms with Gasteiger partial charge in [0.2, 0.25) is 0 Å². The molecule has 0 heteroatoms. The van der Waals surface area contributed by atoms with Crippen molar-refractivity contribution >= 4 is 0 Å². The van der Waals surface area contributed by atoms with Gasteiger partial charge in [-0.1, -0.05) is 44.2 Å². The molecule has 0 aromatic heterocycles. The molecule has 0 radical (unpaired) electrons. The van der Waals surface area contributed by atoms with Crippen molar-refractivity contribution in [3.05, 3.63) is 47.1 Å². The highest BCUT2D eigenvalue weighted by atomic mass is 14.5. The van der Waals surface area contributed by atoms with Gasteiger partial charge in [-0.25, -0.2) is 0 Å². The standard InChI is InChI=1S/C23H32/c1-13-7-6-8-19-12-21(16(4)20-11-14(2)15(20)3)23(18-9-10-18)17(5)22(13)19/h8,16-18,20-21,23H,2-3,6-7,9-12H2,1,4-5H3/t16-,17?,20?,21?,23?/m1/s1. The molecule has 0 aliphatic heterocycles. The van der Waals surface area contributed by atoms with E-state index in [1.807, 2.05) is 0 Å². The van der Waals surface area contributed by atoms with Crippen LogP contribution in [0.2, 0.25) is 0 Å². The molecule has 5 atom stereocenters. The van der Waals surface area contributed by atoms with Crippen molar-refractivity contribution in [2.24, 2.45) is 35.5 Å². The average molecular weight is 309 g/mol. The average Bonchev–Trinajstić information content (AvgIpc) is 3.35. The van der Waals surface area contributed by atoms with Gasteiger partial charge < -0.3 is 0 Å². The summed E-state index contributed by atoms with van der Waals surface area (Å²) in [5.41, 5.74) is 7.82. The largest absolute Gasteiger partial charge is 0.0955 e. The van der Waals surface area contributed by atoms with Crippen molar-refractivity contribution in [1.29, 1.82) is 0 Å². The predicted molar refractivity (Wildman–Crippen MR) is 99.1 cm³/mol. The van der Waals surface area contributed by atoms with Gasteiger partial charge in [-0.2, -0.15) is 0 Å². The summed E-state index contributed by atoms with van der Waals surface area (Å²) in [6.45, 7) is 15.9. The van der Waals surface area contributed by atoms with E-state index in [9.17, 15) is 0 Å². The highest BCUT2D eigenvalue weighted by Gasteiger charge is 2.49. The summed E-state index contributed by atoms with van der Waals surface area (Å²) in [6.07, 6.45) is 10.6. The second-order valence-corrected chi connectivity index (χ2v) is 8.83. The van der Waals surface area contributed by atoms with Gasteiger partial charge >= 0.3 is 0 Å². The Morgan fingerprint density at radius 2 is 1.91 bits per heavy atom. The number of allylic oxidation sites excluding steroid dienone is 6. The van der Waals surface area contributed by atoms with Crippen LogP contribution in [0.3, 0.4) is 0 Å². The quantitative estimate of drug-likeness (QED) is 0.560. The van der Waals surface area contributed by atoms with Crippen LogP contribution < -0.4 is 0 Å². The third-order valence-electron chi connectivity index (χ3n) is 7.54. The van der Waals surface area contributed by atoms with Crippen LogP contribution in [0.4, 0.5) is 0 Å². The minimum atomic E-state index is 0.705. The van der Waals surface area contributed by atoms with Crippen LogP contribution in [0.5, 0.6) is 0 Å². The van der Waals surface area contributed by atoms with E-state index < -0.39 is 0 Å². The van der Waals surface area contributed by atoms with Crippen LogP contribution >= 0.6 is 0 Å². The molecule has 0 nitrogen and oxygen atoms in total. The number of hydrogen-bond donors (Lipinski definition) is 0. The molecule has 0 aromatic carbocycles. The molecule has 0 aromatic rings. The maximum absolute atomic E-state index is 4.31. The predicted octanol–water partition coefficient (Wildman–Crippen LogP) is 6.47. The van der Waals surface area contributed by atoms with Gasteiger partial charge in [-0.15, -0.1) is 0 Å². The Bertz CT molecular complexity index is 610. The first-order chi connectivity index (χ1) is 11.0. The molecule has 0 N–H and O–H groups in total. The fourth-order valence-electron chi connectivity index (χ4n) is 6.04. The normalized spacial score (nSPS) is 38.8. The van der Waals surface area contributed by atoms with Gasteiger partial charge in [0, 0.05) is 0 Å². The van der Waals surface area contributed by atoms with E-state index in [2.05, 4.69) is 40.0 Å². The molecule has 0 spiro atoms. The Hall–Kier alpha value is -1.04. The molecule has 4 rings (SSSR count). The Morgan fingerprint density at radius 3 is 2.52 bits per heavy atom. The van der Waals surface area contributed by atoms with Gasteiger partial charge in [0.15, 0.2) is 0 Å². The lowest BCUT2D eigenvalue weighted by atomic mass is 9.56. The summed E-state index contributed by atoms with van der Waals surface area (Å²) < 4.78 is 0. The summed E-state index contributed by atoms with van der Waals surface area (Å²) in [6, 6.07) is 0. The van der Waals surface area contributed by atoms with Crippen molar-refractivity contribution in [1.82, 2.24) is 0 Å². The summed E-state index contributed by atoms with van der Waals surface area (Å²) in [4.78, 5) is 0. The van der Waals surface area contributed by atoms with E-state index in [1.165, 1.54) is 49.7 Å². The molecule has 4 unspecified atom stereocenters. The fourth-order valence-corrected chi connectivity index (χ4v) is 6.04. The topological polar surface area (TPSA) is 0 Å². The molecule has 0 bridgehead atoms. The van der Waals surface area contributed by atoms with Gasteiger partial charge in [0.05, 0.1) is 0 Å². The second kappa shape index (κ2) is 5.50. The van der Waals surface area contributed by atoms with E-state index in [1.54, 1.807) is 16.7 Å². The zero-order chi connectivity index (χ0) is 16.3. The van der Waals surface area contributed by atoms with Crippen LogP contribution in [-0.2, 0) is 0 Å². The first-order valence-electron chi connectivity index (χ1n) is 9.75. The minimum absolute atomic E-state index is 0.705. The number of fused-ring (bicyclic) bond motifs is 1. The molecule has 0 heterocycles. The van der Waals surface area contributed by atoms with E-state index in [0.717, 1.165) is 29.6 Å². The van der Waals surface area contributed by atoms with Crippen LogP contribution in [-0.4, -0.2) is 0 Å². The lowest BCUT2D eigenvalue weighted by Gasteiger charge is -2.49. The summed E-state index contributed by atoms with van der Waals surface area (Å²) in [5.74, 6) is 5.01. The molecule has 4 aliphatic carbocycles. The van der Waals surface area contributed by atoms with Crippen LogP contribution in [0, 0.1) is 35.5 Å². The minimum Gasteiger partial charge on any atom is -0.0955 e. The summed E-state index contributed by atoms with van der Waals surface area (Å²) in [5, 5.41) is 0. The summed E-state index contributed by atoms with van der Waals surface area (Å²) >= 11 is 0. The van der Waals surface area contributed by atoms with Crippen molar-refractivity contribution in [2.75, 3.05) is 0 Å². The van der Waals surface area contributed by atoms with Gasteiger partial charge in [-0.05, 0) is 97.7 Å². The molecule has 0 amide bonds. The Balaban J connectivity index is 1.64. The maximum Gasteiger partial charge on any atom is -0.00964 e. The third-order valence-corrected chi connectivity index (χ3v) is 7.54. The van der Waals surface area contributed by atoms with Crippen molar-refractivity contribution < 1.29 is 0 Å². The number of rotatable bonds is 3. The van der Waals surface area contributed by atoms with E-state index in [-0.39, 0.29) is 0 Å². The highest BCUT2D eigenvalue weighted by Crippen LogP contribution is 2.58. The van der Waals surface area contributed by atoms with Crippen LogP contribution in [0.1, 0.15) is 59.3 Å². The van der Waals surface area contributed by atoms with E-state index in [0.29, 0.717) is 5.92 Å². The molecule has 124 valence electrons. The SMILES string of the molecule is C=C1CC([C@@H](C)C2CC3=CCCC(C)=C3C(C)C2C2CC2)C1=C. The zero-order valence-corrected chi connectivity index (χ0v) is 15.2. The molecular weight excluding hydrogens is 276 g/mol. The first-order valence-corrected chi connectivity index (χ1v) is 9.75. The van der Waals surface area contributed by atoms with Gasteiger partial charge in [0.25, 0.3) is 0 Å². The van der Waals surface area contributed by atoms with Crippen LogP contribution in [0.25, 0.3) is 0 Å². The Kier molecular flexibility index (Phi) is 3.70. The first kappa shape index (κ1) is 15.5. The fraction of sp³-hybridized carbons (Fsp3) is 0.652. The lowest BCUT2D eigenvalue weighted by Crippen LogP contribution is -2.40. The van der Waals surface area contributed by atoms with Gasteiger partial charge in [0.1, 0.15) is 0 Å². The molecule has 23 heavy (non-hydrogen) atoms. The lowest BCUT2D eigenvalue weighted by molar-refractivity contribution is 0.116. The van der Waals surface area contributed by atoms with Crippen molar-refractivity contribution in [2.45, 2.75) is 59.3 Å². The maximum atomic E-state index is 4.31. The van der Waals surface area contributed by atoms with Crippen LogP contribution in [0.15, 0.2) is 47.1 Å². The smallest absolute Gasteiger partial charge is 0.00964 e. The second-order valence-electron chi connectivity index (χ2n) is 8.83. The molecule has 3 saturated carbocycles. The molecule has 3 fully saturated rings. The molecule has 0 saturated heterocycles. The van der Waals surface area contributed by atoms with Crippen molar-refractivity contribution in [3.8, 4) is 0 Å². The molecule has 4 aliphatic rings. The van der Waals surface area contributed by atoms with E-state index >= 15 is 0 Å². The Labute approximate surface area is 142 Å². The monoisotopic (exact) mass is 308 g/mol. The van der Waals surface area contributed by atoms with E-state index in [4.69, 9.17) is 0 Å². The van der Waals surface area contributed by atoms with Crippen molar-refractivity contribution in [3.63, 3.8) is 0 Å².